The van der Waals surface area contributed by atoms with E-state index in [1.165, 1.54) is 5.69 Å². The summed E-state index contributed by atoms with van der Waals surface area (Å²) in [7, 11) is 0. The minimum Gasteiger partial charge on any atom is -0.357 e. The van der Waals surface area contributed by atoms with Gasteiger partial charge in [0.15, 0.2) is 5.96 Å². The smallest absolute Gasteiger partial charge is 0.251 e. The normalized spacial score (nSPS) is 11.0. The lowest BCUT2D eigenvalue weighted by molar-refractivity contribution is 0.0955. The van der Waals surface area contributed by atoms with Gasteiger partial charge in [-0.1, -0.05) is 12.1 Å². The molecule has 1 amide bonds. The quantitative estimate of drug-likeness (QED) is 0.209. The Morgan fingerprint density at radius 2 is 1.86 bits per heavy atom. The summed E-state index contributed by atoms with van der Waals surface area (Å²) < 4.78 is 2.04. The van der Waals surface area contributed by atoms with Crippen LogP contribution in [0, 0.1) is 13.8 Å². The van der Waals surface area contributed by atoms with Crippen molar-refractivity contribution >= 4 is 35.8 Å². The van der Waals surface area contributed by atoms with Crippen molar-refractivity contribution < 1.29 is 4.79 Å². The van der Waals surface area contributed by atoms with E-state index in [1.807, 2.05) is 49.7 Å². The van der Waals surface area contributed by atoms with Gasteiger partial charge in [0.25, 0.3) is 5.91 Å². The highest BCUT2D eigenvalue weighted by Crippen LogP contribution is 2.07. The number of aliphatic imine (C=N–C) groups is 1. The van der Waals surface area contributed by atoms with Crippen LogP contribution < -0.4 is 16.0 Å². The first-order valence-electron chi connectivity index (χ1n) is 9.93. The summed E-state index contributed by atoms with van der Waals surface area (Å²) in [5.41, 5.74) is 3.90. The number of benzene rings is 1. The topological polar surface area (TPSA) is 83.3 Å². The van der Waals surface area contributed by atoms with E-state index in [0.717, 1.165) is 43.3 Å². The molecule has 0 aliphatic heterocycles. The highest BCUT2D eigenvalue weighted by atomic mass is 127. The molecule has 0 spiro atoms. The molecule has 7 nitrogen and oxygen atoms in total. The number of aromatic nitrogens is 2. The number of hydrogen-bond donors (Lipinski definition) is 3. The Labute approximate surface area is 190 Å². The Balaban J connectivity index is 0.00000420. The molecule has 1 heterocycles. The molecule has 0 fully saturated rings. The van der Waals surface area contributed by atoms with Gasteiger partial charge in [-0.05, 0) is 57.9 Å². The number of nitrogens with one attached hydrogen (secondary N) is 3. The van der Waals surface area contributed by atoms with Crippen molar-refractivity contribution in [2.75, 3.05) is 19.6 Å². The van der Waals surface area contributed by atoms with Crippen molar-refractivity contribution in [1.29, 1.82) is 0 Å². The largest absolute Gasteiger partial charge is 0.357 e. The van der Waals surface area contributed by atoms with Crippen LogP contribution in [-0.4, -0.2) is 41.3 Å². The summed E-state index contributed by atoms with van der Waals surface area (Å²) in [6, 6.07) is 9.68. The molecule has 0 saturated carbocycles. The number of amides is 1. The van der Waals surface area contributed by atoms with Gasteiger partial charge in [-0.25, -0.2) is 4.99 Å². The maximum atomic E-state index is 12.0. The van der Waals surface area contributed by atoms with E-state index < -0.39 is 0 Å². The first-order valence-corrected chi connectivity index (χ1v) is 9.93. The summed E-state index contributed by atoms with van der Waals surface area (Å²) in [6.07, 6.45) is 0.957. The van der Waals surface area contributed by atoms with Crippen molar-refractivity contribution in [3.63, 3.8) is 0 Å². The van der Waals surface area contributed by atoms with Crippen molar-refractivity contribution in [1.82, 2.24) is 25.7 Å². The van der Waals surface area contributed by atoms with Crippen molar-refractivity contribution in [3.8, 4) is 0 Å². The third-order valence-electron chi connectivity index (χ3n) is 4.23. The molecule has 2 rings (SSSR count). The molecule has 0 radical (unpaired) electrons. The van der Waals surface area contributed by atoms with Gasteiger partial charge in [-0.2, -0.15) is 5.10 Å². The van der Waals surface area contributed by atoms with Crippen molar-refractivity contribution in [2.24, 2.45) is 4.99 Å². The molecule has 0 saturated heterocycles. The van der Waals surface area contributed by atoms with Crippen LogP contribution in [0.4, 0.5) is 0 Å². The monoisotopic (exact) mass is 512 g/mol. The van der Waals surface area contributed by atoms with Crippen molar-refractivity contribution in [2.45, 2.75) is 47.2 Å². The van der Waals surface area contributed by atoms with E-state index in [1.54, 1.807) is 0 Å². The van der Waals surface area contributed by atoms with Gasteiger partial charge in [0, 0.05) is 37.4 Å². The maximum Gasteiger partial charge on any atom is 0.251 e. The highest BCUT2D eigenvalue weighted by molar-refractivity contribution is 14.0. The second-order valence-electron chi connectivity index (χ2n) is 6.69. The van der Waals surface area contributed by atoms with Crippen LogP contribution in [0.3, 0.4) is 0 Å². The SMILES string of the molecule is CCNC(=O)c1cccc(CN=C(NCC)NCCCn2nc(C)cc2C)c1.I. The lowest BCUT2D eigenvalue weighted by atomic mass is 10.1. The molecule has 2 aromatic rings. The van der Waals surface area contributed by atoms with E-state index in [4.69, 9.17) is 0 Å². The fraction of sp³-hybridized carbons (Fsp3) is 0.476. The van der Waals surface area contributed by atoms with E-state index in [-0.39, 0.29) is 29.9 Å². The number of guanidine groups is 1. The van der Waals surface area contributed by atoms with Gasteiger partial charge in [-0.3, -0.25) is 9.48 Å². The molecule has 160 valence electrons. The van der Waals surface area contributed by atoms with Gasteiger partial charge in [-0.15, -0.1) is 24.0 Å². The zero-order chi connectivity index (χ0) is 20.4. The van der Waals surface area contributed by atoms with Crippen molar-refractivity contribution in [3.05, 3.63) is 52.8 Å². The minimum absolute atomic E-state index is 0. The molecule has 0 unspecified atom stereocenters. The fourth-order valence-electron chi connectivity index (χ4n) is 2.92. The van der Waals surface area contributed by atoms with Gasteiger partial charge in [0.2, 0.25) is 0 Å². The number of carbonyl (C=O) groups is 1. The highest BCUT2D eigenvalue weighted by Gasteiger charge is 2.05. The van der Waals surface area contributed by atoms with Crippen LogP contribution in [0.1, 0.15) is 47.6 Å². The molecule has 0 bridgehead atoms. The molecular weight excluding hydrogens is 479 g/mol. The summed E-state index contributed by atoms with van der Waals surface area (Å²) in [5, 5.41) is 13.9. The van der Waals surface area contributed by atoms with Crippen LogP contribution in [0.25, 0.3) is 0 Å². The number of hydrogen-bond acceptors (Lipinski definition) is 3. The van der Waals surface area contributed by atoms with Gasteiger partial charge in [0.1, 0.15) is 0 Å². The van der Waals surface area contributed by atoms with E-state index in [0.29, 0.717) is 18.7 Å². The second kappa shape index (κ2) is 13.2. The predicted octanol–water partition coefficient (Wildman–Crippen LogP) is 3.01. The average Bonchev–Trinajstić information content (AvgIpc) is 3.00. The number of nitrogens with zero attached hydrogens (tertiary/aromatic N) is 3. The third kappa shape index (κ3) is 8.43. The number of rotatable bonds is 9. The Morgan fingerprint density at radius 3 is 2.52 bits per heavy atom. The number of aryl methyl sites for hydroxylation is 3. The lowest BCUT2D eigenvalue weighted by Crippen LogP contribution is -2.38. The maximum absolute atomic E-state index is 12.0. The molecule has 0 atom stereocenters. The molecule has 29 heavy (non-hydrogen) atoms. The van der Waals surface area contributed by atoms with Gasteiger partial charge in [0.05, 0.1) is 12.2 Å². The van der Waals surface area contributed by atoms with Gasteiger partial charge >= 0.3 is 0 Å². The Bertz CT molecular complexity index is 802. The summed E-state index contributed by atoms with van der Waals surface area (Å²) in [6.45, 7) is 11.7. The zero-order valence-electron chi connectivity index (χ0n) is 17.8. The molecule has 3 N–H and O–H groups in total. The first kappa shape index (κ1) is 24.9. The van der Waals surface area contributed by atoms with Crippen LogP contribution in [0.5, 0.6) is 0 Å². The number of carbonyl (C=O) groups excluding carboxylic acids is 1. The van der Waals surface area contributed by atoms with Gasteiger partial charge < -0.3 is 16.0 Å². The molecule has 8 heteroatoms. The Hall–Kier alpha value is -2.10. The standard InChI is InChI=1S/C21H32N6O.HI/c1-5-22-20(28)19-10-7-9-18(14-19)15-25-21(23-6-2)24-11-8-12-27-17(4)13-16(3)26-27;/h7,9-10,13-14H,5-6,8,11-12,15H2,1-4H3,(H,22,28)(H2,23,24,25);1H. The molecule has 1 aromatic carbocycles. The zero-order valence-corrected chi connectivity index (χ0v) is 20.1. The van der Waals surface area contributed by atoms with Crippen LogP contribution in [-0.2, 0) is 13.1 Å². The van der Waals surface area contributed by atoms with E-state index in [2.05, 4.69) is 39.0 Å². The summed E-state index contributed by atoms with van der Waals surface area (Å²) in [5.74, 6) is 0.724. The van der Waals surface area contributed by atoms with Crippen LogP contribution in [0.2, 0.25) is 0 Å². The number of halogens is 1. The Kier molecular flexibility index (Phi) is 11.3. The molecular formula is C21H33IN6O. The van der Waals surface area contributed by atoms with E-state index >= 15 is 0 Å². The molecule has 0 aliphatic rings. The molecule has 1 aromatic heterocycles. The predicted molar refractivity (Wildman–Crippen MR) is 129 cm³/mol. The first-order chi connectivity index (χ1) is 13.5. The fourth-order valence-corrected chi connectivity index (χ4v) is 2.92. The minimum atomic E-state index is -0.0532. The summed E-state index contributed by atoms with van der Waals surface area (Å²) >= 11 is 0. The molecule has 0 aliphatic carbocycles. The van der Waals surface area contributed by atoms with Crippen LogP contribution >= 0.6 is 24.0 Å². The second-order valence-corrected chi connectivity index (χ2v) is 6.69. The van der Waals surface area contributed by atoms with Crippen LogP contribution in [0.15, 0.2) is 35.3 Å². The average molecular weight is 512 g/mol. The third-order valence-corrected chi connectivity index (χ3v) is 4.23. The van der Waals surface area contributed by atoms with E-state index in [9.17, 15) is 4.79 Å². The summed E-state index contributed by atoms with van der Waals surface area (Å²) in [4.78, 5) is 16.6. The Morgan fingerprint density at radius 1 is 1.10 bits per heavy atom. The lowest BCUT2D eigenvalue weighted by Gasteiger charge is -2.12.